The average Bonchev–Trinajstić information content (AvgIpc) is 2.67. The van der Waals surface area contributed by atoms with E-state index < -0.39 is 4.92 Å². The lowest BCUT2D eigenvalue weighted by Gasteiger charge is -2.35. The Kier molecular flexibility index (Phi) is 5.40. The van der Waals surface area contributed by atoms with Gasteiger partial charge in [-0.05, 0) is 36.3 Å². The van der Waals surface area contributed by atoms with Crippen LogP contribution in [0.3, 0.4) is 0 Å². The van der Waals surface area contributed by atoms with E-state index in [2.05, 4.69) is 28.3 Å². The number of pyridine rings is 1. The fraction of sp³-hybridized carbons (Fsp3) is 0.211. The molecule has 6 nitrogen and oxygen atoms in total. The van der Waals surface area contributed by atoms with Crippen LogP contribution >= 0.6 is 11.6 Å². The van der Waals surface area contributed by atoms with Crippen LogP contribution in [0.1, 0.15) is 5.56 Å². The third-order valence-electron chi connectivity index (χ3n) is 4.12. The van der Waals surface area contributed by atoms with E-state index in [0.29, 0.717) is 37.0 Å². The van der Waals surface area contributed by atoms with E-state index in [0.717, 1.165) is 11.3 Å². The number of nitro groups is 1. The summed E-state index contributed by atoms with van der Waals surface area (Å²) >= 11 is 5.87. The van der Waals surface area contributed by atoms with Gasteiger partial charge in [0.2, 0.25) is 5.82 Å². The first-order chi connectivity index (χ1) is 12.5. The van der Waals surface area contributed by atoms with Gasteiger partial charge in [0, 0.05) is 49.0 Å². The summed E-state index contributed by atoms with van der Waals surface area (Å²) in [6.45, 7) is 6.65. The van der Waals surface area contributed by atoms with Crippen molar-refractivity contribution in [1.82, 2.24) is 9.88 Å². The van der Waals surface area contributed by atoms with Gasteiger partial charge in [0.05, 0.1) is 10.6 Å². The maximum atomic E-state index is 11.2. The first kappa shape index (κ1) is 17.8. The SMILES string of the molecule is C=C(C#Cc1ccc(Cl)cc1)N1CCN(c2ncccc2[N+](=O)[O-])CC1. The number of anilines is 1. The van der Waals surface area contributed by atoms with Gasteiger partial charge in [0.25, 0.3) is 0 Å². The molecule has 26 heavy (non-hydrogen) atoms. The molecule has 1 fully saturated rings. The van der Waals surface area contributed by atoms with E-state index in [4.69, 9.17) is 11.6 Å². The van der Waals surface area contributed by atoms with Crippen LogP contribution in [0.15, 0.2) is 54.9 Å². The summed E-state index contributed by atoms with van der Waals surface area (Å²) < 4.78 is 0. The van der Waals surface area contributed by atoms with Gasteiger partial charge in [-0.25, -0.2) is 4.98 Å². The molecule has 2 heterocycles. The van der Waals surface area contributed by atoms with Crippen molar-refractivity contribution in [3.8, 4) is 11.8 Å². The Bertz CT molecular complexity index is 878. The van der Waals surface area contributed by atoms with E-state index >= 15 is 0 Å². The second kappa shape index (κ2) is 7.89. The van der Waals surface area contributed by atoms with Crippen molar-refractivity contribution in [2.24, 2.45) is 0 Å². The molecule has 7 heteroatoms. The normalized spacial score (nSPS) is 13.7. The number of nitrogens with zero attached hydrogens (tertiary/aromatic N) is 4. The lowest BCUT2D eigenvalue weighted by molar-refractivity contribution is -0.384. The number of allylic oxidation sites excluding steroid dienone is 1. The third kappa shape index (κ3) is 4.13. The summed E-state index contributed by atoms with van der Waals surface area (Å²) in [5.74, 6) is 6.55. The molecule has 0 bridgehead atoms. The standard InChI is InChI=1S/C19H17ClN4O2/c1-15(4-5-16-6-8-17(20)9-7-16)22-11-13-23(14-12-22)19-18(24(25)26)3-2-10-21-19/h2-3,6-10H,1,11-14H2. The first-order valence-corrected chi connectivity index (χ1v) is 8.48. The molecule has 1 aliphatic heterocycles. The molecule has 0 N–H and O–H groups in total. The van der Waals surface area contributed by atoms with Crippen LogP contribution in [-0.4, -0.2) is 41.0 Å². The molecular weight excluding hydrogens is 352 g/mol. The number of hydrogen-bond acceptors (Lipinski definition) is 5. The molecule has 0 amide bonds. The maximum Gasteiger partial charge on any atom is 0.311 e. The molecule has 0 atom stereocenters. The fourth-order valence-electron chi connectivity index (χ4n) is 2.72. The van der Waals surface area contributed by atoms with Gasteiger partial charge in [-0.15, -0.1) is 0 Å². The number of piperazine rings is 1. The van der Waals surface area contributed by atoms with Crippen LogP contribution in [0.5, 0.6) is 0 Å². The van der Waals surface area contributed by atoms with Crippen molar-refractivity contribution in [2.75, 3.05) is 31.1 Å². The third-order valence-corrected chi connectivity index (χ3v) is 4.37. The van der Waals surface area contributed by atoms with Gasteiger partial charge >= 0.3 is 5.69 Å². The fourth-order valence-corrected chi connectivity index (χ4v) is 2.85. The second-order valence-electron chi connectivity index (χ2n) is 5.78. The quantitative estimate of drug-likeness (QED) is 0.472. The molecule has 1 saturated heterocycles. The van der Waals surface area contributed by atoms with Crippen molar-refractivity contribution in [3.63, 3.8) is 0 Å². The van der Waals surface area contributed by atoms with Crippen LogP contribution in [0.2, 0.25) is 5.02 Å². The Balaban J connectivity index is 1.63. The van der Waals surface area contributed by atoms with Gasteiger partial charge in [0.15, 0.2) is 0 Å². The van der Waals surface area contributed by atoms with E-state index in [9.17, 15) is 10.1 Å². The van der Waals surface area contributed by atoms with E-state index in [1.165, 1.54) is 6.07 Å². The molecular formula is C19H17ClN4O2. The minimum atomic E-state index is -0.398. The summed E-state index contributed by atoms with van der Waals surface area (Å²) in [5, 5.41) is 11.8. The van der Waals surface area contributed by atoms with Gasteiger partial charge in [-0.1, -0.05) is 24.1 Å². The Morgan fingerprint density at radius 2 is 1.88 bits per heavy atom. The van der Waals surface area contributed by atoms with E-state index in [1.54, 1.807) is 24.4 Å². The predicted molar refractivity (Wildman–Crippen MR) is 102 cm³/mol. The number of hydrogen-bond donors (Lipinski definition) is 0. The molecule has 0 spiro atoms. The zero-order chi connectivity index (χ0) is 18.5. The molecule has 1 aromatic carbocycles. The molecule has 2 aromatic rings. The van der Waals surface area contributed by atoms with Crippen molar-refractivity contribution in [1.29, 1.82) is 0 Å². The van der Waals surface area contributed by atoms with E-state index in [-0.39, 0.29) is 5.69 Å². The number of halogens is 1. The highest BCUT2D eigenvalue weighted by Gasteiger charge is 2.24. The van der Waals surface area contributed by atoms with Crippen LogP contribution < -0.4 is 4.90 Å². The molecule has 1 aromatic heterocycles. The number of aromatic nitrogens is 1. The summed E-state index contributed by atoms with van der Waals surface area (Å²) in [6, 6.07) is 10.4. The van der Waals surface area contributed by atoms with Gasteiger partial charge in [0.1, 0.15) is 0 Å². The number of rotatable bonds is 3. The Morgan fingerprint density at radius 1 is 1.19 bits per heavy atom. The highest BCUT2D eigenvalue weighted by molar-refractivity contribution is 6.30. The van der Waals surface area contributed by atoms with Crippen molar-refractivity contribution in [3.05, 3.63) is 75.6 Å². The number of benzene rings is 1. The van der Waals surface area contributed by atoms with Crippen LogP contribution in [0.25, 0.3) is 0 Å². The van der Waals surface area contributed by atoms with Crippen molar-refractivity contribution < 1.29 is 4.92 Å². The summed E-state index contributed by atoms with van der Waals surface area (Å²) in [7, 11) is 0. The highest BCUT2D eigenvalue weighted by Crippen LogP contribution is 2.26. The minimum Gasteiger partial charge on any atom is -0.362 e. The summed E-state index contributed by atoms with van der Waals surface area (Å²) in [4.78, 5) is 19.0. The molecule has 132 valence electrons. The van der Waals surface area contributed by atoms with E-state index in [1.807, 2.05) is 17.0 Å². The Hall–Kier alpha value is -3.04. The lowest BCUT2D eigenvalue weighted by atomic mass is 10.2. The highest BCUT2D eigenvalue weighted by atomic mass is 35.5. The average molecular weight is 369 g/mol. The van der Waals surface area contributed by atoms with Crippen LogP contribution in [0.4, 0.5) is 11.5 Å². The lowest BCUT2D eigenvalue weighted by Crippen LogP contribution is -2.46. The molecule has 1 aliphatic rings. The Morgan fingerprint density at radius 3 is 2.54 bits per heavy atom. The van der Waals surface area contributed by atoms with Gasteiger partial charge in [-0.2, -0.15) is 0 Å². The molecule has 3 rings (SSSR count). The van der Waals surface area contributed by atoms with Crippen molar-refractivity contribution in [2.45, 2.75) is 0 Å². The Labute approximate surface area is 156 Å². The predicted octanol–water partition coefficient (Wildman–Crippen LogP) is 3.33. The molecule has 0 saturated carbocycles. The smallest absolute Gasteiger partial charge is 0.311 e. The van der Waals surface area contributed by atoms with Gasteiger partial charge < -0.3 is 9.80 Å². The topological polar surface area (TPSA) is 62.5 Å². The first-order valence-electron chi connectivity index (χ1n) is 8.10. The summed E-state index contributed by atoms with van der Waals surface area (Å²) in [6.07, 6.45) is 1.57. The second-order valence-corrected chi connectivity index (χ2v) is 6.22. The van der Waals surface area contributed by atoms with Crippen molar-refractivity contribution >= 4 is 23.1 Å². The van der Waals surface area contributed by atoms with Crippen LogP contribution in [-0.2, 0) is 0 Å². The molecule has 0 radical (unpaired) electrons. The molecule has 0 unspecified atom stereocenters. The van der Waals surface area contributed by atoms with Crippen LogP contribution in [0, 0.1) is 22.0 Å². The largest absolute Gasteiger partial charge is 0.362 e. The maximum absolute atomic E-state index is 11.2. The summed E-state index contributed by atoms with van der Waals surface area (Å²) in [5.41, 5.74) is 1.63. The van der Waals surface area contributed by atoms with Gasteiger partial charge in [-0.3, -0.25) is 10.1 Å². The molecule has 0 aliphatic carbocycles. The monoisotopic (exact) mass is 368 g/mol. The zero-order valence-electron chi connectivity index (χ0n) is 14.1. The minimum absolute atomic E-state index is 0.0299. The zero-order valence-corrected chi connectivity index (χ0v) is 14.8.